The Morgan fingerprint density at radius 1 is 1.25 bits per heavy atom. The molecule has 0 aliphatic carbocycles. The lowest BCUT2D eigenvalue weighted by atomic mass is 10.1. The molecule has 8 nitrogen and oxygen atoms in total. The van der Waals surface area contributed by atoms with Gasteiger partial charge in [0.15, 0.2) is 17.6 Å². The van der Waals surface area contributed by atoms with Gasteiger partial charge in [-0.3, -0.25) is 4.79 Å². The van der Waals surface area contributed by atoms with Gasteiger partial charge in [0.1, 0.15) is 5.82 Å². The third-order valence-corrected chi connectivity index (χ3v) is 5.54. The summed E-state index contributed by atoms with van der Waals surface area (Å²) in [6.07, 6.45) is 1.31. The van der Waals surface area contributed by atoms with Gasteiger partial charge in [0.25, 0.3) is 5.56 Å². The highest BCUT2D eigenvalue weighted by molar-refractivity contribution is 9.10. The van der Waals surface area contributed by atoms with E-state index in [1.807, 2.05) is 26.0 Å². The first-order chi connectivity index (χ1) is 15.2. The smallest absolute Gasteiger partial charge is 0.344 e. The highest BCUT2D eigenvalue weighted by atomic mass is 79.9. The third kappa shape index (κ3) is 4.99. The van der Waals surface area contributed by atoms with Crippen LogP contribution in [0.2, 0.25) is 0 Å². The Bertz CT molecular complexity index is 1240. The van der Waals surface area contributed by atoms with E-state index < -0.39 is 12.1 Å². The molecule has 1 N–H and O–H groups in total. The molecule has 0 aliphatic heterocycles. The molecule has 0 aliphatic rings. The number of aliphatic carboxylic acids is 1. The number of carbonyl (C=O) groups is 1. The summed E-state index contributed by atoms with van der Waals surface area (Å²) in [5, 5.41) is 13.9. The van der Waals surface area contributed by atoms with Gasteiger partial charge in [0, 0.05) is 10.4 Å². The zero-order valence-electron chi connectivity index (χ0n) is 18.2. The Kier molecular flexibility index (Phi) is 7.29. The van der Waals surface area contributed by atoms with Gasteiger partial charge in [0.05, 0.1) is 24.2 Å². The maximum Gasteiger partial charge on any atom is 0.344 e. The lowest BCUT2D eigenvalue weighted by Gasteiger charge is -2.15. The van der Waals surface area contributed by atoms with Crippen LogP contribution in [0.4, 0.5) is 0 Å². The first-order valence-electron chi connectivity index (χ1n) is 10.1. The van der Waals surface area contributed by atoms with Crippen molar-refractivity contribution in [2.75, 3.05) is 7.11 Å². The van der Waals surface area contributed by atoms with Crippen molar-refractivity contribution >= 4 is 39.0 Å². The summed E-state index contributed by atoms with van der Waals surface area (Å²) in [6.45, 7) is 5.46. The van der Waals surface area contributed by atoms with Crippen molar-refractivity contribution in [3.05, 3.63) is 62.6 Å². The molecule has 0 bridgehead atoms. The van der Waals surface area contributed by atoms with Crippen LogP contribution in [0, 0.1) is 0 Å². The Hall–Kier alpha value is -3.20. The predicted molar refractivity (Wildman–Crippen MR) is 126 cm³/mol. The second kappa shape index (κ2) is 9.95. The molecule has 2 atom stereocenters. The van der Waals surface area contributed by atoms with E-state index >= 15 is 0 Å². The number of benzene rings is 2. The van der Waals surface area contributed by atoms with Crippen molar-refractivity contribution in [1.82, 2.24) is 9.66 Å². The third-order valence-electron chi connectivity index (χ3n) is 5.05. The number of methoxy groups -OCH3 is 1. The first kappa shape index (κ1) is 23.5. The number of halogens is 1. The zero-order chi connectivity index (χ0) is 23.4. The normalized spacial score (nSPS) is 13.3. The van der Waals surface area contributed by atoms with Gasteiger partial charge < -0.3 is 14.6 Å². The molecule has 1 aromatic heterocycles. The van der Waals surface area contributed by atoms with E-state index in [4.69, 9.17) is 14.6 Å². The van der Waals surface area contributed by atoms with Crippen molar-refractivity contribution < 1.29 is 19.4 Å². The summed E-state index contributed by atoms with van der Waals surface area (Å²) in [5.41, 5.74) is 1.01. The number of carboxylic acids is 1. The van der Waals surface area contributed by atoms with Crippen LogP contribution in [-0.2, 0) is 4.79 Å². The van der Waals surface area contributed by atoms with E-state index in [1.165, 1.54) is 24.9 Å². The van der Waals surface area contributed by atoms with E-state index in [9.17, 15) is 9.59 Å². The maximum absolute atomic E-state index is 13.2. The maximum atomic E-state index is 13.2. The molecule has 0 radical (unpaired) electrons. The van der Waals surface area contributed by atoms with Gasteiger partial charge in [-0.25, -0.2) is 9.78 Å². The second-order valence-corrected chi connectivity index (χ2v) is 8.23. The fourth-order valence-corrected chi connectivity index (χ4v) is 3.37. The minimum absolute atomic E-state index is 0.0238. The van der Waals surface area contributed by atoms with Crippen LogP contribution in [0.1, 0.15) is 44.5 Å². The Labute approximate surface area is 193 Å². The van der Waals surface area contributed by atoms with Crippen molar-refractivity contribution in [3.8, 4) is 11.5 Å². The molecule has 0 spiro atoms. The minimum Gasteiger partial charge on any atom is -0.493 e. The van der Waals surface area contributed by atoms with E-state index in [-0.39, 0.29) is 11.5 Å². The van der Waals surface area contributed by atoms with Crippen LogP contribution < -0.4 is 15.0 Å². The van der Waals surface area contributed by atoms with Gasteiger partial charge >= 0.3 is 5.97 Å². The van der Waals surface area contributed by atoms with Crippen molar-refractivity contribution in [2.24, 2.45) is 5.10 Å². The fraction of sp³-hybridized carbons (Fsp3) is 0.304. The molecular formula is C23H24BrN3O5. The fourth-order valence-electron chi connectivity index (χ4n) is 3.01. The SMILES string of the molecule is CC[C@H](C)c1nc2ccc(Br)cc2c(=O)n1N=Cc1ccc(O[C@@H](C)C(=O)O)c(OC)c1. The second-order valence-electron chi connectivity index (χ2n) is 7.31. The van der Waals surface area contributed by atoms with Gasteiger partial charge in [0.2, 0.25) is 0 Å². The molecular weight excluding hydrogens is 478 g/mol. The van der Waals surface area contributed by atoms with E-state index in [0.29, 0.717) is 33.8 Å². The van der Waals surface area contributed by atoms with Gasteiger partial charge in [-0.05, 0) is 55.3 Å². The summed E-state index contributed by atoms with van der Waals surface area (Å²) in [4.78, 5) is 28.9. The number of aromatic nitrogens is 2. The van der Waals surface area contributed by atoms with Crippen molar-refractivity contribution in [3.63, 3.8) is 0 Å². The topological polar surface area (TPSA) is 103 Å². The Morgan fingerprint density at radius 2 is 2.00 bits per heavy atom. The molecule has 3 aromatic rings. The molecule has 168 valence electrons. The number of carboxylic acid groups (broad SMARTS) is 1. The van der Waals surface area contributed by atoms with E-state index in [1.54, 1.807) is 24.3 Å². The van der Waals surface area contributed by atoms with Gasteiger partial charge in [-0.1, -0.05) is 29.8 Å². The van der Waals surface area contributed by atoms with Gasteiger partial charge in [-0.15, -0.1) is 0 Å². The molecule has 9 heteroatoms. The molecule has 1 heterocycles. The van der Waals surface area contributed by atoms with Crippen molar-refractivity contribution in [2.45, 2.75) is 39.2 Å². The van der Waals surface area contributed by atoms with Crippen LogP contribution in [0.3, 0.4) is 0 Å². The predicted octanol–water partition coefficient (Wildman–Crippen LogP) is 4.42. The van der Waals surface area contributed by atoms with Crippen LogP contribution in [0.25, 0.3) is 10.9 Å². The van der Waals surface area contributed by atoms with Crippen LogP contribution in [0.15, 0.2) is 50.8 Å². The summed E-state index contributed by atoms with van der Waals surface area (Å²) in [5.74, 6) is 0.179. The first-order valence-corrected chi connectivity index (χ1v) is 10.9. The lowest BCUT2D eigenvalue weighted by Crippen LogP contribution is -2.24. The Balaban J connectivity index is 2.04. The summed E-state index contributed by atoms with van der Waals surface area (Å²) < 4.78 is 12.9. The summed E-state index contributed by atoms with van der Waals surface area (Å²) in [7, 11) is 1.46. The largest absolute Gasteiger partial charge is 0.493 e. The molecule has 3 rings (SSSR count). The molecule has 0 saturated heterocycles. The molecule has 0 saturated carbocycles. The van der Waals surface area contributed by atoms with Crippen LogP contribution in [0.5, 0.6) is 11.5 Å². The average molecular weight is 502 g/mol. The number of ether oxygens (including phenoxy) is 2. The number of hydrogen-bond acceptors (Lipinski definition) is 6. The minimum atomic E-state index is -1.08. The lowest BCUT2D eigenvalue weighted by molar-refractivity contribution is -0.144. The molecule has 32 heavy (non-hydrogen) atoms. The quantitative estimate of drug-likeness (QED) is 0.458. The monoisotopic (exact) mass is 501 g/mol. The number of fused-ring (bicyclic) bond motifs is 1. The van der Waals surface area contributed by atoms with Crippen LogP contribution in [-0.4, -0.2) is 40.2 Å². The molecule has 0 fully saturated rings. The van der Waals surface area contributed by atoms with Gasteiger partial charge in [-0.2, -0.15) is 9.78 Å². The number of hydrogen-bond donors (Lipinski definition) is 1. The standard InChI is InChI=1S/C23H24BrN3O5/c1-5-13(2)21-26-18-8-7-16(24)11-17(18)22(28)27(21)25-12-15-6-9-19(20(10-15)31-4)32-14(3)23(29)30/h6-14H,5H2,1-4H3,(H,29,30)/t13-,14-/m0/s1. The molecule has 0 amide bonds. The average Bonchev–Trinajstić information content (AvgIpc) is 2.78. The Morgan fingerprint density at radius 3 is 2.66 bits per heavy atom. The molecule has 2 aromatic carbocycles. The number of nitrogens with zero attached hydrogens (tertiary/aromatic N) is 3. The zero-order valence-corrected chi connectivity index (χ0v) is 19.8. The number of rotatable bonds is 8. The summed E-state index contributed by atoms with van der Waals surface area (Å²) >= 11 is 3.40. The summed E-state index contributed by atoms with van der Waals surface area (Å²) in [6, 6.07) is 10.4. The van der Waals surface area contributed by atoms with Crippen LogP contribution >= 0.6 is 15.9 Å². The highest BCUT2D eigenvalue weighted by Crippen LogP contribution is 2.28. The highest BCUT2D eigenvalue weighted by Gasteiger charge is 2.17. The van der Waals surface area contributed by atoms with E-state index in [2.05, 4.69) is 26.0 Å². The van der Waals surface area contributed by atoms with E-state index in [0.717, 1.165) is 10.9 Å². The molecule has 0 unspecified atom stereocenters. The van der Waals surface area contributed by atoms with Crippen molar-refractivity contribution in [1.29, 1.82) is 0 Å².